The molecule has 1 aromatic carbocycles. The van der Waals surface area contributed by atoms with Crippen LogP contribution in [0.15, 0.2) is 30.5 Å². The largest absolute Gasteiger partial charge is 0.461 e. The molecule has 4 N–H and O–H groups in total. The van der Waals surface area contributed by atoms with Crippen molar-refractivity contribution >= 4 is 34.8 Å². The van der Waals surface area contributed by atoms with Gasteiger partial charge in [0.1, 0.15) is 12.1 Å². The van der Waals surface area contributed by atoms with Crippen molar-refractivity contribution in [2.24, 2.45) is 0 Å². The molecule has 0 bridgehead atoms. The van der Waals surface area contributed by atoms with Gasteiger partial charge in [0.25, 0.3) is 0 Å². The van der Waals surface area contributed by atoms with Gasteiger partial charge < -0.3 is 25.6 Å². The maximum atomic E-state index is 12.4. The molecule has 1 unspecified atom stereocenters. The Hall–Kier alpha value is -3.00. The van der Waals surface area contributed by atoms with Crippen molar-refractivity contribution in [1.82, 2.24) is 10.3 Å². The molecule has 8 nitrogen and oxygen atoms in total. The van der Waals surface area contributed by atoms with Crippen LogP contribution in [0, 0.1) is 5.41 Å². The number of fused-ring (bicyclic) bond motifs is 1. The Bertz CT molecular complexity index is 858. The number of benzene rings is 1. The second-order valence-corrected chi connectivity index (χ2v) is 6.78. The lowest BCUT2D eigenvalue weighted by atomic mass is 10.0. The standard InChI is InChI=1S/C20H25N3O5/c1-12(2)28-20(27)17(8-7-14(24)10-21)23-19(26)18(25)9-13-11-22-16-6-4-3-5-15(13)16/h3-6,10-12,17-18,21-22,25H,7-9H2,1-2H3,(H,23,26)/t17-,18?/m0/s1. The Kier molecular flexibility index (Phi) is 7.45. The molecule has 2 aromatic rings. The molecule has 0 aliphatic carbocycles. The predicted molar refractivity (Wildman–Crippen MR) is 104 cm³/mol. The molecule has 1 aromatic heterocycles. The molecule has 2 atom stereocenters. The summed E-state index contributed by atoms with van der Waals surface area (Å²) in [5.41, 5.74) is 1.67. The van der Waals surface area contributed by atoms with Gasteiger partial charge in [-0.3, -0.25) is 9.59 Å². The van der Waals surface area contributed by atoms with E-state index in [9.17, 15) is 19.5 Å². The van der Waals surface area contributed by atoms with E-state index in [1.54, 1.807) is 20.0 Å². The molecule has 0 aliphatic heterocycles. The highest BCUT2D eigenvalue weighted by Crippen LogP contribution is 2.19. The summed E-state index contributed by atoms with van der Waals surface area (Å²) in [6.45, 7) is 3.34. The minimum absolute atomic E-state index is 0.00862. The van der Waals surface area contributed by atoms with Crippen LogP contribution >= 0.6 is 0 Å². The zero-order valence-electron chi connectivity index (χ0n) is 15.9. The summed E-state index contributed by atoms with van der Waals surface area (Å²) in [4.78, 5) is 39.1. The van der Waals surface area contributed by atoms with Gasteiger partial charge in [0.15, 0.2) is 5.78 Å². The average molecular weight is 387 g/mol. The van der Waals surface area contributed by atoms with E-state index in [2.05, 4.69) is 10.3 Å². The summed E-state index contributed by atoms with van der Waals surface area (Å²) >= 11 is 0. The lowest BCUT2D eigenvalue weighted by Gasteiger charge is -2.20. The zero-order chi connectivity index (χ0) is 20.7. The number of aliphatic hydroxyl groups is 1. The van der Waals surface area contributed by atoms with E-state index in [0.29, 0.717) is 6.21 Å². The summed E-state index contributed by atoms with van der Waals surface area (Å²) in [5, 5.41) is 20.6. The smallest absolute Gasteiger partial charge is 0.328 e. The fraction of sp³-hybridized carbons (Fsp3) is 0.400. The van der Waals surface area contributed by atoms with Crippen LogP contribution in [0.3, 0.4) is 0 Å². The number of ketones is 1. The molecule has 0 fully saturated rings. The van der Waals surface area contributed by atoms with Crippen molar-refractivity contribution in [3.63, 3.8) is 0 Å². The third-order valence-corrected chi connectivity index (χ3v) is 4.18. The number of carbonyl (C=O) groups is 3. The van der Waals surface area contributed by atoms with Crippen LogP contribution in [0.1, 0.15) is 32.3 Å². The molecular weight excluding hydrogens is 362 g/mol. The first-order valence-electron chi connectivity index (χ1n) is 9.09. The van der Waals surface area contributed by atoms with E-state index in [1.165, 1.54) is 0 Å². The van der Waals surface area contributed by atoms with Gasteiger partial charge in [-0.25, -0.2) is 4.79 Å². The van der Waals surface area contributed by atoms with Crippen LogP contribution in [0.5, 0.6) is 0 Å². The van der Waals surface area contributed by atoms with Gasteiger partial charge in [-0.15, -0.1) is 0 Å². The van der Waals surface area contributed by atoms with E-state index < -0.39 is 29.8 Å². The summed E-state index contributed by atoms with van der Waals surface area (Å²) in [6.07, 6.45) is 0.619. The van der Waals surface area contributed by atoms with Crippen LogP contribution in [-0.2, 0) is 25.5 Å². The number of hydrogen-bond donors (Lipinski definition) is 4. The topological polar surface area (TPSA) is 132 Å². The number of H-pyrrole nitrogens is 1. The molecule has 28 heavy (non-hydrogen) atoms. The maximum Gasteiger partial charge on any atom is 0.328 e. The van der Waals surface area contributed by atoms with Gasteiger partial charge in [0.05, 0.1) is 12.3 Å². The van der Waals surface area contributed by atoms with E-state index >= 15 is 0 Å². The van der Waals surface area contributed by atoms with Crippen molar-refractivity contribution in [3.05, 3.63) is 36.0 Å². The normalized spacial score (nSPS) is 13.1. The molecule has 1 heterocycles. The van der Waals surface area contributed by atoms with Gasteiger partial charge in [-0.1, -0.05) is 18.2 Å². The number of nitrogens with one attached hydrogen (secondary N) is 3. The monoisotopic (exact) mass is 387 g/mol. The van der Waals surface area contributed by atoms with Crippen LogP contribution in [-0.4, -0.2) is 52.2 Å². The number of amides is 1. The van der Waals surface area contributed by atoms with Crippen molar-refractivity contribution in [1.29, 1.82) is 5.41 Å². The Morgan fingerprint density at radius 1 is 1.29 bits per heavy atom. The van der Waals surface area contributed by atoms with Crippen LogP contribution in [0.25, 0.3) is 10.9 Å². The summed E-state index contributed by atoms with van der Waals surface area (Å²) in [6, 6.07) is 6.45. The molecule has 150 valence electrons. The number of Topliss-reactive ketones (excluding diaryl/α,β-unsaturated/α-hetero) is 1. The molecule has 0 saturated carbocycles. The van der Waals surface area contributed by atoms with Crippen molar-refractivity contribution in [2.75, 3.05) is 0 Å². The van der Waals surface area contributed by atoms with E-state index in [4.69, 9.17) is 10.1 Å². The summed E-state index contributed by atoms with van der Waals surface area (Å²) in [7, 11) is 0. The minimum Gasteiger partial charge on any atom is -0.461 e. The van der Waals surface area contributed by atoms with Gasteiger partial charge >= 0.3 is 5.97 Å². The van der Waals surface area contributed by atoms with Crippen LogP contribution in [0.2, 0.25) is 0 Å². The van der Waals surface area contributed by atoms with Crippen molar-refractivity contribution in [2.45, 2.75) is 51.4 Å². The summed E-state index contributed by atoms with van der Waals surface area (Å²) < 4.78 is 5.11. The fourth-order valence-electron chi connectivity index (χ4n) is 2.79. The number of aromatic nitrogens is 1. The highest BCUT2D eigenvalue weighted by Gasteiger charge is 2.27. The molecule has 0 aliphatic rings. The Balaban J connectivity index is 2.04. The quantitative estimate of drug-likeness (QED) is 0.362. The van der Waals surface area contributed by atoms with E-state index in [-0.39, 0.29) is 25.4 Å². The molecule has 0 radical (unpaired) electrons. The number of rotatable bonds is 10. The van der Waals surface area contributed by atoms with Gasteiger partial charge in [0, 0.05) is 29.9 Å². The van der Waals surface area contributed by atoms with Gasteiger partial charge in [0.2, 0.25) is 5.91 Å². The Labute approximate surface area is 162 Å². The number of aliphatic hydroxyl groups excluding tert-OH is 1. The molecule has 0 spiro atoms. The lowest BCUT2D eigenvalue weighted by molar-refractivity contribution is -0.152. The maximum absolute atomic E-state index is 12.4. The fourth-order valence-corrected chi connectivity index (χ4v) is 2.79. The predicted octanol–water partition coefficient (Wildman–Crippen LogP) is 1.51. The first-order chi connectivity index (χ1) is 13.3. The van der Waals surface area contributed by atoms with E-state index in [1.807, 2.05) is 24.3 Å². The molecule has 2 rings (SSSR count). The number of ether oxygens (including phenoxy) is 1. The first kappa shape index (κ1) is 21.3. The SMILES string of the molecule is CC(C)OC(=O)[C@H](CCC(=O)C=N)NC(=O)C(O)Cc1c[nH]c2ccccc12. The molecular formula is C20H25N3O5. The summed E-state index contributed by atoms with van der Waals surface area (Å²) in [5.74, 6) is -1.87. The van der Waals surface area contributed by atoms with Gasteiger partial charge in [-0.2, -0.15) is 0 Å². The highest BCUT2D eigenvalue weighted by atomic mass is 16.5. The molecule has 1 amide bonds. The first-order valence-corrected chi connectivity index (χ1v) is 9.09. The molecule has 0 saturated heterocycles. The second kappa shape index (κ2) is 9.80. The number of hydrogen-bond acceptors (Lipinski definition) is 6. The van der Waals surface area contributed by atoms with Crippen LogP contribution < -0.4 is 5.32 Å². The number of carbonyl (C=O) groups excluding carboxylic acids is 3. The average Bonchev–Trinajstić information content (AvgIpc) is 3.06. The van der Waals surface area contributed by atoms with Gasteiger partial charge in [-0.05, 0) is 31.9 Å². The van der Waals surface area contributed by atoms with Crippen LogP contribution in [0.4, 0.5) is 0 Å². The zero-order valence-corrected chi connectivity index (χ0v) is 15.9. The third kappa shape index (κ3) is 5.75. The van der Waals surface area contributed by atoms with Crippen molar-refractivity contribution in [3.8, 4) is 0 Å². The Morgan fingerprint density at radius 2 is 2.00 bits per heavy atom. The number of para-hydroxylation sites is 1. The lowest BCUT2D eigenvalue weighted by Crippen LogP contribution is -2.47. The third-order valence-electron chi connectivity index (χ3n) is 4.18. The Morgan fingerprint density at radius 3 is 2.68 bits per heavy atom. The molecule has 8 heteroatoms. The minimum atomic E-state index is -1.37. The van der Waals surface area contributed by atoms with E-state index in [0.717, 1.165) is 16.5 Å². The number of aromatic amines is 1. The highest BCUT2D eigenvalue weighted by molar-refractivity contribution is 6.26. The van der Waals surface area contributed by atoms with Crippen molar-refractivity contribution < 1.29 is 24.2 Å². The number of esters is 1. The second-order valence-electron chi connectivity index (χ2n) is 6.78.